The predicted molar refractivity (Wildman–Crippen MR) is 180 cm³/mol. The van der Waals surface area contributed by atoms with Crippen molar-refractivity contribution in [2.75, 3.05) is 17.4 Å². The number of rotatable bonds is 6. The van der Waals surface area contributed by atoms with Gasteiger partial charge in [-0.3, -0.25) is 4.57 Å². The molecule has 222 valence electrons. The number of anilines is 2. The van der Waals surface area contributed by atoms with E-state index in [1.807, 2.05) is 60.7 Å². The summed E-state index contributed by atoms with van der Waals surface area (Å²) in [5.41, 5.74) is 15.5. The highest BCUT2D eigenvalue weighted by atomic mass is 31.2. The molecule has 0 amide bonds. The van der Waals surface area contributed by atoms with Crippen LogP contribution in [0.15, 0.2) is 109 Å². The number of nitrogens with zero attached hydrogens (tertiary/aromatic N) is 1. The van der Waals surface area contributed by atoms with Gasteiger partial charge < -0.3 is 19.9 Å². The second kappa shape index (κ2) is 10.9. The zero-order valence-corrected chi connectivity index (χ0v) is 26.3. The molecule has 2 unspecified atom stereocenters. The van der Waals surface area contributed by atoms with Crippen molar-refractivity contribution in [1.29, 1.82) is 0 Å². The van der Waals surface area contributed by atoms with E-state index < -0.39 is 12.5 Å². The summed E-state index contributed by atoms with van der Waals surface area (Å²) in [7, 11) is -3.65. The molecule has 6 heteroatoms. The molecule has 0 bridgehead atoms. The number of para-hydroxylation sites is 2. The second-order valence-corrected chi connectivity index (χ2v) is 14.4. The Labute approximate surface area is 259 Å². The van der Waals surface area contributed by atoms with Gasteiger partial charge in [-0.1, -0.05) is 92.7 Å². The highest BCUT2D eigenvalue weighted by Crippen LogP contribution is 2.69. The average Bonchev–Trinajstić information content (AvgIpc) is 3.08. The van der Waals surface area contributed by atoms with Crippen LogP contribution in [0.4, 0.5) is 11.4 Å². The minimum atomic E-state index is -3.65. The first-order valence-corrected chi connectivity index (χ1v) is 17.0. The van der Waals surface area contributed by atoms with Gasteiger partial charge in [0.2, 0.25) is 0 Å². The summed E-state index contributed by atoms with van der Waals surface area (Å²) in [5, 5.41) is -0.277. The number of ether oxygens (including phenoxy) is 1. The van der Waals surface area contributed by atoms with Gasteiger partial charge in [0.05, 0.1) is 5.30 Å². The van der Waals surface area contributed by atoms with Crippen molar-refractivity contribution in [1.82, 2.24) is 0 Å². The third-order valence-electron chi connectivity index (χ3n) is 9.39. The maximum atomic E-state index is 16.0. The summed E-state index contributed by atoms with van der Waals surface area (Å²) >= 11 is 0. The molecule has 5 nitrogen and oxygen atoms in total. The molecule has 2 N–H and O–H groups in total. The molecule has 44 heavy (non-hydrogen) atoms. The summed E-state index contributed by atoms with van der Waals surface area (Å²) in [5.74, 6) is 1.57. The molecule has 2 atom stereocenters. The van der Waals surface area contributed by atoms with E-state index in [0.29, 0.717) is 12.5 Å². The minimum absolute atomic E-state index is 0.469. The van der Waals surface area contributed by atoms with Crippen LogP contribution in [0.1, 0.15) is 48.6 Å². The van der Waals surface area contributed by atoms with Gasteiger partial charge in [0.25, 0.3) is 7.37 Å². The summed E-state index contributed by atoms with van der Waals surface area (Å²) in [6.07, 6.45) is 1.56. The Morgan fingerprint density at radius 3 is 2.09 bits per heavy atom. The molecule has 7 rings (SSSR count). The van der Waals surface area contributed by atoms with Gasteiger partial charge in [0.1, 0.15) is 16.7 Å². The fourth-order valence-corrected chi connectivity index (χ4v) is 9.69. The molecule has 2 aliphatic rings. The Kier molecular flexibility index (Phi) is 7.02. The van der Waals surface area contributed by atoms with Gasteiger partial charge in [-0.05, 0) is 77.9 Å². The van der Waals surface area contributed by atoms with Gasteiger partial charge >= 0.3 is 0 Å². The number of benzene rings is 5. The minimum Gasteiger partial charge on any atom is -0.473 e. The standard InChI is InChI=1S/C38H37N2O3P/c1-4-26-22-30(23-27(5-2)37(26)39)38(3,44(41)36-17-11-8-14-33(36)32-13-7-10-16-35(32)43-44)29-18-20-31(21-19-29)40-24-28-12-6-9-15-34(28)42-25-40/h6-23H,4-5,24-25,39H2,1-3H3. The molecule has 2 aliphatic heterocycles. The first kappa shape index (κ1) is 28.3. The monoisotopic (exact) mass is 600 g/mol. The van der Waals surface area contributed by atoms with E-state index in [-0.39, 0.29) is 0 Å². The van der Waals surface area contributed by atoms with E-state index in [2.05, 4.69) is 74.2 Å². The van der Waals surface area contributed by atoms with Crippen LogP contribution in [0, 0.1) is 0 Å². The molecule has 0 saturated carbocycles. The summed E-state index contributed by atoms with van der Waals surface area (Å²) in [6, 6.07) is 36.8. The Bertz CT molecular complexity index is 1890. The fourth-order valence-electron chi connectivity index (χ4n) is 6.73. The molecule has 0 spiro atoms. The maximum absolute atomic E-state index is 16.0. The number of nitrogen functional groups attached to an aromatic ring is 1. The van der Waals surface area contributed by atoms with Crippen molar-refractivity contribution in [3.8, 4) is 22.6 Å². The predicted octanol–water partition coefficient (Wildman–Crippen LogP) is 8.68. The van der Waals surface area contributed by atoms with Crippen molar-refractivity contribution >= 4 is 24.0 Å². The van der Waals surface area contributed by atoms with Crippen molar-refractivity contribution in [3.05, 3.63) is 137 Å². The number of hydrogen-bond donors (Lipinski definition) is 1. The third-order valence-corrected chi connectivity index (χ3v) is 12.6. The van der Waals surface area contributed by atoms with Crippen LogP contribution >= 0.6 is 7.37 Å². The van der Waals surface area contributed by atoms with Gasteiger partial charge in [-0.2, -0.15) is 0 Å². The molecular weight excluding hydrogens is 563 g/mol. The number of nitrogens with two attached hydrogens (primary N) is 1. The van der Waals surface area contributed by atoms with Crippen molar-refractivity contribution in [2.45, 2.75) is 45.3 Å². The normalized spacial score (nSPS) is 18.2. The van der Waals surface area contributed by atoms with Crippen LogP contribution in [-0.2, 0) is 29.1 Å². The van der Waals surface area contributed by atoms with Crippen molar-refractivity contribution < 1.29 is 13.8 Å². The molecule has 0 aromatic heterocycles. The lowest BCUT2D eigenvalue weighted by molar-refractivity contribution is 0.289. The molecule has 0 saturated heterocycles. The van der Waals surface area contributed by atoms with Gasteiger partial charge in [-0.25, -0.2) is 0 Å². The lowest BCUT2D eigenvalue weighted by Gasteiger charge is -2.42. The van der Waals surface area contributed by atoms with Crippen LogP contribution in [0.25, 0.3) is 11.1 Å². The number of hydrogen-bond acceptors (Lipinski definition) is 5. The molecule has 2 heterocycles. The molecule has 0 aliphatic carbocycles. The lowest BCUT2D eigenvalue weighted by Crippen LogP contribution is -2.35. The third kappa shape index (κ3) is 4.33. The van der Waals surface area contributed by atoms with Crippen LogP contribution in [-0.4, -0.2) is 6.73 Å². The van der Waals surface area contributed by atoms with Gasteiger partial charge in [0.15, 0.2) is 6.73 Å². The zero-order chi connectivity index (χ0) is 30.5. The Hall–Kier alpha value is -4.47. The van der Waals surface area contributed by atoms with E-state index in [1.54, 1.807) is 0 Å². The van der Waals surface area contributed by atoms with E-state index in [1.165, 1.54) is 0 Å². The molecule has 0 fully saturated rings. The van der Waals surface area contributed by atoms with Gasteiger partial charge in [-0.15, -0.1) is 0 Å². The Morgan fingerprint density at radius 2 is 1.39 bits per heavy atom. The number of aryl methyl sites for hydroxylation is 2. The van der Waals surface area contributed by atoms with E-state index in [4.69, 9.17) is 15.0 Å². The topological polar surface area (TPSA) is 64.8 Å². The smallest absolute Gasteiger partial charge is 0.292 e. The molecule has 0 radical (unpaired) electrons. The molecule has 5 aromatic carbocycles. The summed E-state index contributed by atoms with van der Waals surface area (Å²) in [6.45, 7) is 7.54. The van der Waals surface area contributed by atoms with E-state index >= 15 is 4.57 Å². The zero-order valence-electron chi connectivity index (χ0n) is 25.4. The fraction of sp³-hybridized carbons (Fsp3) is 0.211. The highest BCUT2D eigenvalue weighted by molar-refractivity contribution is 7.69. The van der Waals surface area contributed by atoms with Crippen molar-refractivity contribution in [2.24, 2.45) is 0 Å². The van der Waals surface area contributed by atoms with Gasteiger partial charge in [0, 0.05) is 29.0 Å². The molecule has 5 aromatic rings. The van der Waals surface area contributed by atoms with Crippen LogP contribution in [0.5, 0.6) is 11.5 Å². The largest absolute Gasteiger partial charge is 0.473 e. The Balaban J connectivity index is 1.41. The summed E-state index contributed by atoms with van der Waals surface area (Å²) < 4.78 is 28.8. The van der Waals surface area contributed by atoms with Crippen LogP contribution in [0.3, 0.4) is 0 Å². The van der Waals surface area contributed by atoms with Crippen LogP contribution < -0.4 is 25.2 Å². The van der Waals surface area contributed by atoms with E-state index in [9.17, 15) is 0 Å². The summed E-state index contributed by atoms with van der Waals surface area (Å²) in [4.78, 5) is 2.21. The maximum Gasteiger partial charge on any atom is 0.292 e. The Morgan fingerprint density at radius 1 is 0.773 bits per heavy atom. The SMILES string of the molecule is CCc1cc(C(C)(c2ccc(N3COc4ccccc4C3)cc2)P2(=O)Oc3ccccc3-c3ccccc32)cc(CC)c1N. The van der Waals surface area contributed by atoms with Crippen molar-refractivity contribution in [3.63, 3.8) is 0 Å². The van der Waals surface area contributed by atoms with E-state index in [0.717, 1.165) is 80.8 Å². The first-order chi connectivity index (χ1) is 21.4. The second-order valence-electron chi connectivity index (χ2n) is 11.8. The quantitative estimate of drug-likeness (QED) is 0.156. The number of fused-ring (bicyclic) bond motifs is 4. The lowest BCUT2D eigenvalue weighted by atomic mass is 9.87. The van der Waals surface area contributed by atoms with Crippen LogP contribution in [0.2, 0.25) is 0 Å². The molecular formula is C38H37N2O3P. The highest BCUT2D eigenvalue weighted by Gasteiger charge is 2.54. The average molecular weight is 601 g/mol. The first-order valence-electron chi connectivity index (χ1n) is 15.3.